The van der Waals surface area contributed by atoms with Crippen molar-refractivity contribution in [1.82, 2.24) is 9.55 Å². The highest BCUT2D eigenvalue weighted by molar-refractivity contribution is 6.06. The third-order valence-corrected chi connectivity index (χ3v) is 8.42. The SMILES string of the molecule is COc1cc2c(cc1OCC(C)(C)CC(C)(C)Cn1c(-c3ccco3)nc3ccccc31)N=CC1CCCC1C2=O. The first-order chi connectivity index (χ1) is 19.6. The molecule has 2 atom stereocenters. The van der Waals surface area contributed by atoms with Crippen LogP contribution in [0.15, 0.2) is 64.2 Å². The van der Waals surface area contributed by atoms with Gasteiger partial charge in [-0.2, -0.15) is 0 Å². The fourth-order valence-electron chi connectivity index (χ4n) is 6.93. The van der Waals surface area contributed by atoms with Crippen LogP contribution in [-0.2, 0) is 6.54 Å². The second-order valence-corrected chi connectivity index (χ2v) is 13.1. The molecule has 2 aromatic carbocycles. The van der Waals surface area contributed by atoms with E-state index in [0.29, 0.717) is 29.4 Å². The first kappa shape index (κ1) is 27.3. The highest BCUT2D eigenvalue weighted by Crippen LogP contribution is 2.43. The third-order valence-electron chi connectivity index (χ3n) is 8.42. The summed E-state index contributed by atoms with van der Waals surface area (Å²) in [6.45, 7) is 10.3. The van der Waals surface area contributed by atoms with Gasteiger partial charge in [0.05, 0.1) is 36.7 Å². The van der Waals surface area contributed by atoms with Gasteiger partial charge in [-0.25, -0.2) is 4.98 Å². The van der Waals surface area contributed by atoms with Crippen molar-refractivity contribution in [3.8, 4) is 23.1 Å². The predicted molar refractivity (Wildman–Crippen MR) is 161 cm³/mol. The third kappa shape index (κ3) is 5.42. The first-order valence-electron chi connectivity index (χ1n) is 14.6. The largest absolute Gasteiger partial charge is 0.493 e. The van der Waals surface area contributed by atoms with Crippen molar-refractivity contribution in [3.63, 3.8) is 0 Å². The Morgan fingerprint density at radius 3 is 2.63 bits per heavy atom. The molecule has 1 fully saturated rings. The summed E-state index contributed by atoms with van der Waals surface area (Å²) in [6, 6.07) is 15.8. The number of aromatic nitrogens is 2. The summed E-state index contributed by atoms with van der Waals surface area (Å²) in [5, 5.41) is 0. The van der Waals surface area contributed by atoms with Gasteiger partial charge in [-0.1, -0.05) is 46.2 Å². The molecule has 0 bridgehead atoms. The molecule has 0 N–H and O–H groups in total. The van der Waals surface area contributed by atoms with Crippen molar-refractivity contribution in [3.05, 3.63) is 60.4 Å². The molecule has 2 aromatic heterocycles. The summed E-state index contributed by atoms with van der Waals surface area (Å²) in [7, 11) is 1.62. The number of imidazole rings is 1. The van der Waals surface area contributed by atoms with Crippen LogP contribution < -0.4 is 9.47 Å². The Morgan fingerprint density at radius 2 is 1.85 bits per heavy atom. The zero-order valence-corrected chi connectivity index (χ0v) is 24.6. The van der Waals surface area contributed by atoms with Crippen LogP contribution in [0.5, 0.6) is 11.5 Å². The number of furan rings is 1. The fourth-order valence-corrected chi connectivity index (χ4v) is 6.93. The minimum Gasteiger partial charge on any atom is -0.493 e. The zero-order chi connectivity index (χ0) is 28.8. The van der Waals surface area contributed by atoms with Crippen LogP contribution >= 0.6 is 0 Å². The normalized spacial score (nSPS) is 18.8. The second kappa shape index (κ2) is 10.5. The van der Waals surface area contributed by atoms with E-state index in [1.807, 2.05) is 42.6 Å². The average molecular weight is 554 g/mol. The topological polar surface area (TPSA) is 78.8 Å². The van der Waals surface area contributed by atoms with Crippen LogP contribution in [0.1, 0.15) is 63.7 Å². The Kier molecular flexibility index (Phi) is 7.00. The molecule has 2 unspecified atom stereocenters. The maximum Gasteiger partial charge on any atom is 0.177 e. The molecule has 214 valence electrons. The number of benzene rings is 2. The summed E-state index contributed by atoms with van der Waals surface area (Å²) in [4.78, 5) is 22.9. The molecule has 0 radical (unpaired) electrons. The molecule has 3 heterocycles. The molecule has 2 aliphatic rings. The lowest BCUT2D eigenvalue weighted by molar-refractivity contribution is 0.0911. The number of hydrogen-bond acceptors (Lipinski definition) is 6. The Hall–Kier alpha value is -3.87. The van der Waals surface area contributed by atoms with Crippen LogP contribution in [0.2, 0.25) is 0 Å². The molecule has 7 nitrogen and oxygen atoms in total. The molecule has 1 saturated carbocycles. The molecule has 0 saturated heterocycles. The van der Waals surface area contributed by atoms with E-state index >= 15 is 0 Å². The maximum atomic E-state index is 13.3. The van der Waals surface area contributed by atoms with Crippen molar-refractivity contribution < 1.29 is 18.7 Å². The molecule has 1 aliphatic heterocycles. The van der Waals surface area contributed by atoms with E-state index in [1.165, 1.54) is 0 Å². The lowest BCUT2D eigenvalue weighted by Crippen LogP contribution is -2.31. The molecule has 0 spiro atoms. The molecule has 41 heavy (non-hydrogen) atoms. The van der Waals surface area contributed by atoms with E-state index in [4.69, 9.17) is 23.9 Å². The lowest BCUT2D eigenvalue weighted by atomic mass is 9.75. The quantitative estimate of drug-likeness (QED) is 0.209. The van der Waals surface area contributed by atoms with E-state index in [9.17, 15) is 4.79 Å². The highest BCUT2D eigenvalue weighted by atomic mass is 16.5. The highest BCUT2D eigenvalue weighted by Gasteiger charge is 2.36. The Labute approximate surface area is 241 Å². The molecule has 0 amide bonds. The maximum absolute atomic E-state index is 13.3. The van der Waals surface area contributed by atoms with Gasteiger partial charge in [0, 0.05) is 36.2 Å². The Balaban J connectivity index is 1.21. The number of carbonyl (C=O) groups excluding carboxylic acids is 1. The molecular formula is C34H39N3O4. The number of methoxy groups -OCH3 is 1. The van der Waals surface area contributed by atoms with E-state index in [0.717, 1.165) is 54.8 Å². The smallest absolute Gasteiger partial charge is 0.177 e. The van der Waals surface area contributed by atoms with Gasteiger partial charge < -0.3 is 18.5 Å². The van der Waals surface area contributed by atoms with Crippen LogP contribution in [0.25, 0.3) is 22.6 Å². The van der Waals surface area contributed by atoms with Crippen LogP contribution in [-0.4, -0.2) is 35.3 Å². The van der Waals surface area contributed by atoms with Crippen LogP contribution in [0.3, 0.4) is 0 Å². The average Bonchev–Trinajstić information content (AvgIpc) is 3.69. The van der Waals surface area contributed by atoms with Gasteiger partial charge in [0.25, 0.3) is 0 Å². The zero-order valence-electron chi connectivity index (χ0n) is 24.6. The molecule has 7 heteroatoms. The number of fused-ring (bicyclic) bond motifs is 3. The van der Waals surface area contributed by atoms with Crippen molar-refractivity contribution >= 4 is 28.7 Å². The van der Waals surface area contributed by atoms with E-state index in [2.05, 4.69) is 44.4 Å². The molecule has 4 aromatic rings. The summed E-state index contributed by atoms with van der Waals surface area (Å²) < 4.78 is 20.1. The van der Waals surface area contributed by atoms with Gasteiger partial charge in [-0.05, 0) is 60.4 Å². The van der Waals surface area contributed by atoms with Crippen molar-refractivity contribution in [2.75, 3.05) is 13.7 Å². The van der Waals surface area contributed by atoms with Gasteiger partial charge in [0.2, 0.25) is 0 Å². The summed E-state index contributed by atoms with van der Waals surface area (Å²) >= 11 is 0. The van der Waals surface area contributed by atoms with Crippen LogP contribution in [0.4, 0.5) is 5.69 Å². The standard InChI is InChI=1S/C34H39N3O4/c1-33(2,20-37-27-13-7-6-12-25(27)36-32(37)28-14-9-15-40-28)19-34(3,4)21-41-30-17-26-24(16-29(30)39-5)31(38)23-11-8-10-22(23)18-35-26/h6-7,9,12-18,22-23H,8,10-11,19-21H2,1-5H3. The first-order valence-corrected chi connectivity index (χ1v) is 14.6. The lowest BCUT2D eigenvalue weighted by Gasteiger charge is -2.35. The summed E-state index contributed by atoms with van der Waals surface area (Å²) in [5.74, 6) is 3.23. The number of ketones is 1. The van der Waals surface area contributed by atoms with Gasteiger partial charge in [0.15, 0.2) is 28.9 Å². The number of hydrogen-bond donors (Lipinski definition) is 0. The van der Waals surface area contributed by atoms with Gasteiger partial charge in [-0.3, -0.25) is 9.79 Å². The number of para-hydroxylation sites is 2. The number of nitrogens with zero attached hydrogens (tertiary/aromatic N) is 3. The molecule has 6 rings (SSSR count). The molecular weight excluding hydrogens is 514 g/mol. The van der Waals surface area contributed by atoms with E-state index in [-0.39, 0.29) is 28.4 Å². The fraction of sp³-hybridized carbons (Fsp3) is 0.441. The van der Waals surface area contributed by atoms with Gasteiger partial charge in [0.1, 0.15) is 0 Å². The second-order valence-electron chi connectivity index (χ2n) is 13.1. The number of carbonyl (C=O) groups is 1. The summed E-state index contributed by atoms with van der Waals surface area (Å²) in [5.41, 5.74) is 3.13. The molecule has 1 aliphatic carbocycles. The summed E-state index contributed by atoms with van der Waals surface area (Å²) in [6.07, 6.45) is 7.59. The number of Topliss-reactive ketones (excluding diaryl/α,β-unsaturated/α-hetero) is 1. The minimum absolute atomic E-state index is 0.0264. The van der Waals surface area contributed by atoms with Crippen molar-refractivity contribution in [1.29, 1.82) is 0 Å². The number of aliphatic imine (C=N–C) groups is 1. The predicted octanol–water partition coefficient (Wildman–Crippen LogP) is 8.14. The minimum atomic E-state index is -0.154. The number of ether oxygens (including phenoxy) is 2. The number of rotatable bonds is 9. The van der Waals surface area contributed by atoms with Crippen LogP contribution in [0, 0.1) is 22.7 Å². The monoisotopic (exact) mass is 553 g/mol. The van der Waals surface area contributed by atoms with Crippen molar-refractivity contribution in [2.45, 2.75) is 59.9 Å². The Bertz CT molecular complexity index is 1600. The Morgan fingerprint density at radius 1 is 1.02 bits per heavy atom. The van der Waals surface area contributed by atoms with E-state index < -0.39 is 0 Å². The van der Waals surface area contributed by atoms with Gasteiger partial charge >= 0.3 is 0 Å². The van der Waals surface area contributed by atoms with E-state index in [1.54, 1.807) is 13.4 Å². The van der Waals surface area contributed by atoms with Gasteiger partial charge in [-0.15, -0.1) is 0 Å². The van der Waals surface area contributed by atoms with Crippen molar-refractivity contribution in [2.24, 2.45) is 27.7 Å².